The van der Waals surface area contributed by atoms with Crippen LogP contribution in [0.1, 0.15) is 38.2 Å². The molecule has 3 aromatic rings. The maximum atomic E-state index is 13.7. The predicted octanol–water partition coefficient (Wildman–Crippen LogP) is 5.32. The first-order valence-corrected chi connectivity index (χ1v) is 14.8. The fourth-order valence-electron chi connectivity index (χ4n) is 5.45. The van der Waals surface area contributed by atoms with Crippen molar-refractivity contribution in [3.8, 4) is 11.5 Å². The normalized spacial score (nSPS) is 16.5. The fraction of sp³-hybridized carbons (Fsp3) is 0.500. The van der Waals surface area contributed by atoms with Gasteiger partial charge in [0.1, 0.15) is 5.65 Å². The molecule has 0 atom stereocenters. The molecule has 4 heterocycles. The first-order chi connectivity index (χ1) is 19.9. The van der Waals surface area contributed by atoms with Gasteiger partial charge < -0.3 is 24.2 Å². The summed E-state index contributed by atoms with van der Waals surface area (Å²) >= 11 is 6.70. The number of likely N-dealkylation sites (N-methyl/N-ethyl adjacent to an activating group) is 1. The van der Waals surface area contributed by atoms with Crippen LogP contribution in [0.5, 0.6) is 11.5 Å². The first kappa shape index (κ1) is 29.0. The Hall–Kier alpha value is -3.50. The SMILES string of the molecule is CCCCCOc1cc(N2CCCN(Cc3ccnc4c3c(Cl)cn4C(=O)N3CCN(C)CC3)C2=O)ccc1OC. The molecule has 0 unspecified atom stereocenters. The Bertz CT molecular complexity index is 1390. The van der Waals surface area contributed by atoms with E-state index < -0.39 is 0 Å². The molecule has 3 amide bonds. The van der Waals surface area contributed by atoms with Crippen molar-refractivity contribution in [2.75, 3.05) is 64.9 Å². The smallest absolute Gasteiger partial charge is 0.329 e. The molecule has 220 valence electrons. The van der Waals surface area contributed by atoms with E-state index in [1.807, 2.05) is 34.1 Å². The molecule has 2 fully saturated rings. The molecular formula is C30H39ClN6O4. The number of amides is 3. The Balaban J connectivity index is 1.35. The van der Waals surface area contributed by atoms with Gasteiger partial charge in [-0.3, -0.25) is 9.47 Å². The number of pyridine rings is 1. The largest absolute Gasteiger partial charge is 0.493 e. The summed E-state index contributed by atoms with van der Waals surface area (Å²) in [6.07, 6.45) is 7.32. The molecule has 2 aliphatic rings. The van der Waals surface area contributed by atoms with Crippen molar-refractivity contribution in [2.45, 2.75) is 39.2 Å². The third-order valence-corrected chi connectivity index (χ3v) is 8.13. The van der Waals surface area contributed by atoms with E-state index in [4.69, 9.17) is 21.1 Å². The van der Waals surface area contributed by atoms with Gasteiger partial charge in [0.2, 0.25) is 0 Å². The number of benzene rings is 1. The van der Waals surface area contributed by atoms with Crippen molar-refractivity contribution < 1.29 is 19.1 Å². The van der Waals surface area contributed by atoms with E-state index in [-0.39, 0.29) is 12.1 Å². The van der Waals surface area contributed by atoms with Crippen molar-refractivity contribution >= 4 is 40.4 Å². The van der Waals surface area contributed by atoms with Crippen molar-refractivity contribution in [2.24, 2.45) is 0 Å². The molecule has 1 aromatic carbocycles. The lowest BCUT2D eigenvalue weighted by Gasteiger charge is -2.36. The van der Waals surface area contributed by atoms with Gasteiger partial charge >= 0.3 is 12.1 Å². The Kier molecular flexibility index (Phi) is 9.19. The number of carbonyl (C=O) groups is 2. The van der Waals surface area contributed by atoms with Gasteiger partial charge in [-0.25, -0.2) is 14.6 Å². The highest BCUT2D eigenvalue weighted by Crippen LogP contribution is 2.34. The van der Waals surface area contributed by atoms with Crippen LogP contribution in [0, 0.1) is 0 Å². The number of ether oxygens (including phenoxy) is 2. The molecule has 0 N–H and O–H groups in total. The van der Waals surface area contributed by atoms with Crippen LogP contribution in [-0.4, -0.2) is 96.3 Å². The second kappa shape index (κ2) is 13.0. The number of halogens is 1. The summed E-state index contributed by atoms with van der Waals surface area (Å²) < 4.78 is 13.1. The number of fused-ring (bicyclic) bond motifs is 1. The molecule has 0 bridgehead atoms. The monoisotopic (exact) mass is 582 g/mol. The van der Waals surface area contributed by atoms with Crippen LogP contribution in [0.4, 0.5) is 15.3 Å². The summed E-state index contributed by atoms with van der Waals surface area (Å²) in [6, 6.07) is 7.28. The van der Waals surface area contributed by atoms with Crippen LogP contribution >= 0.6 is 11.6 Å². The van der Waals surface area contributed by atoms with E-state index in [9.17, 15) is 9.59 Å². The number of rotatable bonds is 9. The minimum absolute atomic E-state index is 0.0904. The molecule has 10 nitrogen and oxygen atoms in total. The molecule has 0 radical (unpaired) electrons. The molecule has 11 heteroatoms. The summed E-state index contributed by atoms with van der Waals surface area (Å²) in [7, 11) is 3.67. The highest BCUT2D eigenvalue weighted by Gasteiger charge is 2.29. The number of carbonyl (C=O) groups excluding carboxylic acids is 2. The van der Waals surface area contributed by atoms with Crippen LogP contribution < -0.4 is 14.4 Å². The maximum absolute atomic E-state index is 13.7. The summed E-state index contributed by atoms with van der Waals surface area (Å²) in [5.41, 5.74) is 2.14. The maximum Gasteiger partial charge on any atom is 0.329 e. The highest BCUT2D eigenvalue weighted by molar-refractivity contribution is 6.36. The number of hydrogen-bond acceptors (Lipinski definition) is 6. The average molecular weight is 583 g/mol. The van der Waals surface area contributed by atoms with Crippen molar-refractivity contribution in [1.82, 2.24) is 24.3 Å². The number of aromatic nitrogens is 2. The lowest BCUT2D eigenvalue weighted by molar-refractivity contribution is 0.156. The van der Waals surface area contributed by atoms with Crippen LogP contribution in [-0.2, 0) is 6.54 Å². The number of hydrogen-bond donors (Lipinski definition) is 0. The lowest BCUT2D eigenvalue weighted by Crippen LogP contribution is -2.49. The summed E-state index contributed by atoms with van der Waals surface area (Å²) in [4.78, 5) is 39.2. The Labute approximate surface area is 246 Å². The van der Waals surface area contributed by atoms with Crippen molar-refractivity contribution in [3.05, 3.63) is 47.2 Å². The van der Waals surface area contributed by atoms with E-state index in [1.54, 1.807) is 24.4 Å². The summed E-state index contributed by atoms with van der Waals surface area (Å²) in [6.45, 7) is 7.30. The van der Waals surface area contributed by atoms with Crippen LogP contribution in [0.2, 0.25) is 5.02 Å². The van der Waals surface area contributed by atoms with Crippen molar-refractivity contribution in [1.29, 1.82) is 0 Å². The van der Waals surface area contributed by atoms with Gasteiger partial charge in [-0.1, -0.05) is 31.4 Å². The quantitative estimate of drug-likeness (QED) is 0.318. The minimum atomic E-state index is -0.132. The number of unbranched alkanes of at least 4 members (excludes halogenated alkanes) is 2. The molecule has 2 aromatic heterocycles. The number of urea groups is 1. The first-order valence-electron chi connectivity index (χ1n) is 14.4. The van der Waals surface area contributed by atoms with Crippen molar-refractivity contribution in [3.63, 3.8) is 0 Å². The second-order valence-corrected chi connectivity index (χ2v) is 11.1. The predicted molar refractivity (Wildman–Crippen MR) is 160 cm³/mol. The number of piperazine rings is 1. The van der Waals surface area contributed by atoms with Gasteiger partial charge in [0, 0.05) is 75.3 Å². The van der Waals surface area contributed by atoms with Gasteiger partial charge in [0.15, 0.2) is 11.5 Å². The lowest BCUT2D eigenvalue weighted by atomic mass is 10.1. The van der Waals surface area contributed by atoms with E-state index in [0.717, 1.165) is 50.0 Å². The van der Waals surface area contributed by atoms with Crippen LogP contribution in [0.15, 0.2) is 36.7 Å². The second-order valence-electron chi connectivity index (χ2n) is 10.7. The molecule has 0 saturated carbocycles. The molecular weight excluding hydrogens is 544 g/mol. The average Bonchev–Trinajstić information content (AvgIpc) is 3.33. The number of methoxy groups -OCH3 is 1. The number of nitrogens with zero attached hydrogens (tertiary/aromatic N) is 6. The Morgan fingerprint density at radius 1 is 1.05 bits per heavy atom. The van der Waals surface area contributed by atoms with Crippen LogP contribution in [0.3, 0.4) is 0 Å². The molecule has 2 saturated heterocycles. The van der Waals surface area contributed by atoms with Crippen LogP contribution in [0.25, 0.3) is 11.0 Å². The molecule has 2 aliphatic heterocycles. The standard InChI is InChI=1S/C30H39ClN6O4/c1-4-5-6-18-41-26-19-23(8-9-25(26)40-3)36-13-7-12-35(30(36)39)20-22-10-11-32-28-27(22)24(31)21-37(28)29(38)34-16-14-33(2)15-17-34/h8-11,19,21H,4-7,12-18,20H2,1-3H3. The van der Waals surface area contributed by atoms with Gasteiger partial charge in [-0.15, -0.1) is 0 Å². The minimum Gasteiger partial charge on any atom is -0.493 e. The Morgan fingerprint density at radius 2 is 1.85 bits per heavy atom. The molecule has 0 spiro atoms. The topological polar surface area (TPSA) is 83.4 Å². The zero-order chi connectivity index (χ0) is 28.9. The third kappa shape index (κ3) is 6.23. The number of anilines is 1. The van der Waals surface area contributed by atoms with Gasteiger partial charge in [-0.05, 0) is 43.7 Å². The van der Waals surface area contributed by atoms with E-state index >= 15 is 0 Å². The van der Waals surface area contributed by atoms with E-state index in [1.165, 1.54) is 4.57 Å². The summed E-state index contributed by atoms with van der Waals surface area (Å²) in [5, 5.41) is 1.15. The summed E-state index contributed by atoms with van der Waals surface area (Å²) in [5.74, 6) is 1.29. The van der Waals surface area contributed by atoms with E-state index in [2.05, 4.69) is 23.9 Å². The Morgan fingerprint density at radius 3 is 2.61 bits per heavy atom. The molecule has 41 heavy (non-hydrogen) atoms. The highest BCUT2D eigenvalue weighted by atomic mass is 35.5. The van der Waals surface area contributed by atoms with E-state index in [0.29, 0.717) is 66.9 Å². The fourth-order valence-corrected chi connectivity index (χ4v) is 5.76. The zero-order valence-electron chi connectivity index (χ0n) is 24.1. The molecule has 5 rings (SSSR count). The third-order valence-electron chi connectivity index (χ3n) is 7.84. The van der Waals surface area contributed by atoms with Gasteiger partial charge in [0.25, 0.3) is 0 Å². The zero-order valence-corrected chi connectivity index (χ0v) is 24.9. The molecule has 0 aliphatic carbocycles. The van der Waals surface area contributed by atoms with Gasteiger partial charge in [-0.2, -0.15) is 0 Å². The van der Waals surface area contributed by atoms with Gasteiger partial charge in [0.05, 0.1) is 18.7 Å².